The number of benzene rings is 1. The molecule has 0 amide bonds. The molecule has 2 aromatic heterocycles. The Morgan fingerprint density at radius 2 is 1.85 bits per heavy atom. The van der Waals surface area contributed by atoms with Crippen LogP contribution < -0.4 is 0 Å². The third-order valence-corrected chi connectivity index (χ3v) is 5.97. The molecule has 0 saturated heterocycles. The van der Waals surface area contributed by atoms with Gasteiger partial charge in [0.2, 0.25) is 0 Å². The van der Waals surface area contributed by atoms with E-state index in [1.165, 1.54) is 11.8 Å². The topological polar surface area (TPSA) is 47.3 Å². The van der Waals surface area contributed by atoms with Gasteiger partial charge in [-0.05, 0) is 44.5 Å². The molecule has 0 fully saturated rings. The van der Waals surface area contributed by atoms with Crippen molar-refractivity contribution in [3.63, 3.8) is 0 Å². The van der Waals surface area contributed by atoms with E-state index in [0.717, 1.165) is 33.2 Å². The molecule has 0 spiro atoms. The Kier molecular flexibility index (Phi) is 5.37. The average Bonchev–Trinajstić information content (AvgIpc) is 2.91. The fourth-order valence-electron chi connectivity index (χ4n) is 2.78. The highest BCUT2D eigenvalue weighted by molar-refractivity contribution is 8.00. The number of aryl methyl sites for hydroxylation is 1. The zero-order valence-electron chi connectivity index (χ0n) is 16.5. The second kappa shape index (κ2) is 7.28. The zero-order chi connectivity index (χ0) is 19.9. The molecule has 1 atom stereocenters. The summed E-state index contributed by atoms with van der Waals surface area (Å²) < 4.78 is 1.86. The number of carbonyl (C=O) groups excluding carboxylic acids is 1. The van der Waals surface area contributed by atoms with Crippen molar-refractivity contribution in [2.45, 2.75) is 57.2 Å². The van der Waals surface area contributed by atoms with E-state index in [9.17, 15) is 4.79 Å². The van der Waals surface area contributed by atoms with Gasteiger partial charge in [0, 0.05) is 16.0 Å². The largest absolute Gasteiger partial charge is 0.299 e. The molecule has 142 valence electrons. The predicted octanol–water partition coefficient (Wildman–Crippen LogP) is 5.73. The normalized spacial score (nSPS) is 13.1. The van der Waals surface area contributed by atoms with Gasteiger partial charge in [0.15, 0.2) is 5.65 Å². The van der Waals surface area contributed by atoms with Gasteiger partial charge in [-0.2, -0.15) is 5.10 Å². The number of hydrogen-bond donors (Lipinski definition) is 0. The quantitative estimate of drug-likeness (QED) is 0.414. The Morgan fingerprint density at radius 3 is 2.41 bits per heavy atom. The molecule has 0 unspecified atom stereocenters. The van der Waals surface area contributed by atoms with Gasteiger partial charge < -0.3 is 0 Å². The van der Waals surface area contributed by atoms with Crippen molar-refractivity contribution in [2.75, 3.05) is 0 Å². The molecule has 0 aliphatic rings. The molecule has 3 aromatic rings. The summed E-state index contributed by atoms with van der Waals surface area (Å²) in [5.74, 6) is 0.143. The van der Waals surface area contributed by atoms with Crippen LogP contribution in [-0.2, 0) is 10.2 Å². The molecule has 0 saturated carbocycles. The lowest BCUT2D eigenvalue weighted by Gasteiger charge is -2.20. The Labute approximate surface area is 169 Å². The minimum atomic E-state index is -0.146. The number of thioether (sulfide) groups is 1. The Bertz CT molecular complexity index is 1000. The average molecular weight is 402 g/mol. The van der Waals surface area contributed by atoms with Crippen molar-refractivity contribution >= 4 is 34.8 Å². The molecule has 0 bridgehead atoms. The summed E-state index contributed by atoms with van der Waals surface area (Å²) in [5, 5.41) is 6.21. The van der Waals surface area contributed by atoms with Gasteiger partial charge in [-0.15, -0.1) is 0 Å². The lowest BCUT2D eigenvalue weighted by Crippen LogP contribution is -2.16. The Morgan fingerprint density at radius 1 is 1.22 bits per heavy atom. The number of Topliss-reactive ketones (excluding diaryl/α,β-unsaturated/α-hetero) is 1. The monoisotopic (exact) mass is 401 g/mol. The summed E-state index contributed by atoms with van der Waals surface area (Å²) in [6.45, 7) is 11.9. The fourth-order valence-corrected chi connectivity index (χ4v) is 3.84. The lowest BCUT2D eigenvalue weighted by atomic mass is 9.92. The number of ketones is 1. The Balaban J connectivity index is 2.28. The highest BCUT2D eigenvalue weighted by atomic mass is 35.5. The third-order valence-electron chi connectivity index (χ3n) is 4.50. The molecule has 0 aliphatic heterocycles. The molecular formula is C21H24ClN3OS. The molecular weight excluding hydrogens is 378 g/mol. The molecule has 0 N–H and O–H groups in total. The molecule has 3 rings (SSSR count). The van der Waals surface area contributed by atoms with Gasteiger partial charge in [-0.25, -0.2) is 9.50 Å². The molecule has 4 nitrogen and oxygen atoms in total. The van der Waals surface area contributed by atoms with Crippen molar-refractivity contribution in [2.24, 2.45) is 0 Å². The van der Waals surface area contributed by atoms with Crippen LogP contribution in [0, 0.1) is 6.92 Å². The van der Waals surface area contributed by atoms with E-state index in [2.05, 4.69) is 26.8 Å². The van der Waals surface area contributed by atoms with E-state index in [0.29, 0.717) is 5.02 Å². The summed E-state index contributed by atoms with van der Waals surface area (Å²) in [6.07, 6.45) is 0. The van der Waals surface area contributed by atoms with Crippen LogP contribution in [0.2, 0.25) is 5.02 Å². The zero-order valence-corrected chi connectivity index (χ0v) is 18.1. The van der Waals surface area contributed by atoms with Gasteiger partial charge in [0.05, 0.1) is 16.6 Å². The van der Waals surface area contributed by atoms with Crippen LogP contribution in [0.25, 0.3) is 16.8 Å². The van der Waals surface area contributed by atoms with E-state index in [1.54, 1.807) is 6.92 Å². The van der Waals surface area contributed by atoms with Crippen LogP contribution in [0.5, 0.6) is 0 Å². The van der Waals surface area contributed by atoms with E-state index in [1.807, 2.05) is 42.6 Å². The van der Waals surface area contributed by atoms with Crippen LogP contribution in [0.15, 0.2) is 35.4 Å². The van der Waals surface area contributed by atoms with Gasteiger partial charge >= 0.3 is 0 Å². The first-order valence-corrected chi connectivity index (χ1v) is 10.2. The number of rotatable bonds is 4. The van der Waals surface area contributed by atoms with E-state index in [4.69, 9.17) is 21.7 Å². The minimum absolute atomic E-state index is 0.119. The minimum Gasteiger partial charge on any atom is -0.299 e. The second-order valence-corrected chi connectivity index (χ2v) is 9.60. The standard InChI is InChI=1S/C21H24ClN3OS/c1-12-19(15-7-9-16(22)10-8-15)20-23-17(21(4,5)6)11-18(25(20)24-12)27-14(3)13(2)26/h7-11,14H,1-6H3/t14-/m0/s1. The maximum atomic E-state index is 11.8. The van der Waals surface area contributed by atoms with Crippen LogP contribution in [-0.4, -0.2) is 25.6 Å². The number of fused-ring (bicyclic) bond motifs is 1. The van der Waals surface area contributed by atoms with Crippen molar-refractivity contribution in [3.8, 4) is 11.1 Å². The summed E-state index contributed by atoms with van der Waals surface area (Å²) in [7, 11) is 0. The van der Waals surface area contributed by atoms with Crippen molar-refractivity contribution < 1.29 is 4.79 Å². The van der Waals surface area contributed by atoms with Gasteiger partial charge in [-0.3, -0.25) is 4.79 Å². The predicted molar refractivity (Wildman–Crippen MR) is 113 cm³/mol. The summed E-state index contributed by atoms with van der Waals surface area (Å²) >= 11 is 7.58. The fraction of sp³-hybridized carbons (Fsp3) is 0.381. The van der Waals surface area contributed by atoms with Crippen molar-refractivity contribution in [1.82, 2.24) is 14.6 Å². The van der Waals surface area contributed by atoms with E-state index < -0.39 is 0 Å². The van der Waals surface area contributed by atoms with Gasteiger partial charge in [0.25, 0.3) is 0 Å². The van der Waals surface area contributed by atoms with Crippen LogP contribution in [0.4, 0.5) is 0 Å². The third kappa shape index (κ3) is 4.04. The number of nitrogens with zero attached hydrogens (tertiary/aromatic N) is 3. The van der Waals surface area contributed by atoms with Crippen LogP contribution in [0.3, 0.4) is 0 Å². The number of hydrogen-bond acceptors (Lipinski definition) is 4. The molecule has 6 heteroatoms. The number of aromatic nitrogens is 3. The first-order valence-electron chi connectivity index (χ1n) is 8.92. The highest BCUT2D eigenvalue weighted by Gasteiger charge is 2.23. The van der Waals surface area contributed by atoms with Crippen molar-refractivity contribution in [1.29, 1.82) is 0 Å². The van der Waals surface area contributed by atoms with E-state index >= 15 is 0 Å². The summed E-state index contributed by atoms with van der Waals surface area (Å²) in [5.41, 5.74) is 4.58. The molecule has 27 heavy (non-hydrogen) atoms. The van der Waals surface area contributed by atoms with E-state index in [-0.39, 0.29) is 16.4 Å². The SMILES string of the molecule is CC(=O)[C@H](C)Sc1cc(C(C)(C)C)nc2c(-c3ccc(Cl)cc3)c(C)nn12. The number of halogens is 1. The molecule has 0 radical (unpaired) electrons. The maximum absolute atomic E-state index is 11.8. The lowest BCUT2D eigenvalue weighted by molar-refractivity contribution is -0.116. The molecule has 1 aromatic carbocycles. The smallest absolute Gasteiger partial charge is 0.164 e. The summed E-state index contributed by atoms with van der Waals surface area (Å²) in [6, 6.07) is 9.78. The van der Waals surface area contributed by atoms with Crippen LogP contribution >= 0.6 is 23.4 Å². The van der Waals surface area contributed by atoms with Gasteiger partial charge in [-0.1, -0.05) is 56.3 Å². The van der Waals surface area contributed by atoms with Gasteiger partial charge in [0.1, 0.15) is 10.8 Å². The second-order valence-electron chi connectivity index (χ2n) is 7.80. The number of carbonyl (C=O) groups is 1. The Hall–Kier alpha value is -1.85. The molecule has 2 heterocycles. The highest BCUT2D eigenvalue weighted by Crippen LogP contribution is 2.34. The molecule has 0 aliphatic carbocycles. The maximum Gasteiger partial charge on any atom is 0.164 e. The van der Waals surface area contributed by atoms with Crippen LogP contribution in [0.1, 0.15) is 46.0 Å². The van der Waals surface area contributed by atoms with Crippen molar-refractivity contribution in [3.05, 3.63) is 46.7 Å². The summed E-state index contributed by atoms with van der Waals surface area (Å²) in [4.78, 5) is 16.8. The first kappa shape index (κ1) is 19.9. The first-order chi connectivity index (χ1) is 12.6.